The summed E-state index contributed by atoms with van der Waals surface area (Å²) >= 11 is 0. The van der Waals surface area contributed by atoms with E-state index >= 15 is 0 Å². The topological polar surface area (TPSA) is 107 Å². The summed E-state index contributed by atoms with van der Waals surface area (Å²) in [7, 11) is 5.32. The number of hydrogen-bond donors (Lipinski definition) is 2. The average molecular weight is 456 g/mol. The summed E-state index contributed by atoms with van der Waals surface area (Å²) < 4.78 is 7.23. The van der Waals surface area contributed by atoms with Gasteiger partial charge in [0.05, 0.1) is 7.11 Å². The van der Waals surface area contributed by atoms with E-state index in [4.69, 9.17) is 4.74 Å². The van der Waals surface area contributed by atoms with Crippen molar-refractivity contribution in [3.8, 4) is 17.1 Å². The van der Waals surface area contributed by atoms with Gasteiger partial charge in [-0.3, -0.25) is 4.79 Å². The van der Waals surface area contributed by atoms with Crippen LogP contribution in [-0.4, -0.2) is 44.8 Å². The van der Waals surface area contributed by atoms with Crippen LogP contribution in [0.25, 0.3) is 34.3 Å². The van der Waals surface area contributed by atoms with Crippen LogP contribution >= 0.6 is 0 Å². The van der Waals surface area contributed by atoms with Crippen molar-refractivity contribution in [2.45, 2.75) is 12.8 Å². The van der Waals surface area contributed by atoms with Gasteiger partial charge in [0.2, 0.25) is 5.91 Å². The molecule has 3 aromatic heterocycles. The molecule has 1 aliphatic carbocycles. The molecule has 9 nitrogen and oxygen atoms in total. The smallest absolute Gasteiger partial charge is 0.228 e. The van der Waals surface area contributed by atoms with Crippen molar-refractivity contribution in [2.75, 3.05) is 24.8 Å². The monoisotopic (exact) mass is 455 g/mol. The second kappa shape index (κ2) is 8.93. The standard InChI is InChI=1S/C25H25N7O2/c1-26-23-21-13-27-22(31-25(33)16-6-7-16)11-20(21)17(12-28-23)5-4-15-8-18(10-19(9-15)34-3)24-29-14-30-32(24)2/h4-5,8-14,16H,6-7H2,1-3H3,(H,26,28)(H,27,31,33). The van der Waals surface area contributed by atoms with Gasteiger partial charge in [0, 0.05) is 48.9 Å². The number of anilines is 2. The van der Waals surface area contributed by atoms with Crippen LogP contribution in [0.2, 0.25) is 0 Å². The maximum atomic E-state index is 12.2. The Labute approximate surface area is 196 Å². The Morgan fingerprint density at radius 1 is 1.09 bits per heavy atom. The molecule has 1 fully saturated rings. The molecule has 172 valence electrons. The second-order valence-corrected chi connectivity index (χ2v) is 8.23. The van der Waals surface area contributed by atoms with E-state index in [1.54, 1.807) is 24.2 Å². The molecule has 5 rings (SSSR count). The van der Waals surface area contributed by atoms with E-state index < -0.39 is 0 Å². The highest BCUT2D eigenvalue weighted by Crippen LogP contribution is 2.32. The molecule has 2 N–H and O–H groups in total. The van der Waals surface area contributed by atoms with Gasteiger partial charge in [0.15, 0.2) is 5.82 Å². The lowest BCUT2D eigenvalue weighted by Crippen LogP contribution is -2.14. The predicted octanol–water partition coefficient (Wildman–Crippen LogP) is 3.99. The highest BCUT2D eigenvalue weighted by molar-refractivity contribution is 6.01. The third kappa shape index (κ3) is 4.32. The molecule has 34 heavy (non-hydrogen) atoms. The Hall–Kier alpha value is -4.27. The molecule has 1 aromatic carbocycles. The number of nitrogens with one attached hydrogen (secondary N) is 2. The molecule has 0 saturated heterocycles. The van der Waals surface area contributed by atoms with Crippen LogP contribution in [0.4, 0.5) is 11.6 Å². The van der Waals surface area contributed by atoms with Gasteiger partial charge in [-0.2, -0.15) is 5.10 Å². The van der Waals surface area contributed by atoms with Crippen molar-refractivity contribution in [1.82, 2.24) is 24.7 Å². The van der Waals surface area contributed by atoms with Gasteiger partial charge in [-0.15, -0.1) is 0 Å². The first-order chi connectivity index (χ1) is 16.6. The van der Waals surface area contributed by atoms with Gasteiger partial charge < -0.3 is 15.4 Å². The van der Waals surface area contributed by atoms with Gasteiger partial charge in [-0.1, -0.05) is 12.2 Å². The maximum absolute atomic E-state index is 12.2. The lowest BCUT2D eigenvalue weighted by molar-refractivity contribution is -0.117. The average Bonchev–Trinajstić information content (AvgIpc) is 3.62. The molecule has 9 heteroatoms. The summed E-state index contributed by atoms with van der Waals surface area (Å²) in [6.45, 7) is 0. The minimum absolute atomic E-state index is 0.0273. The van der Waals surface area contributed by atoms with Crippen molar-refractivity contribution in [2.24, 2.45) is 13.0 Å². The van der Waals surface area contributed by atoms with E-state index in [9.17, 15) is 4.79 Å². The van der Waals surface area contributed by atoms with E-state index in [2.05, 4.69) is 30.7 Å². The number of benzene rings is 1. The Morgan fingerprint density at radius 3 is 2.65 bits per heavy atom. The Kier molecular flexibility index (Phi) is 5.67. The SMILES string of the molecule is CNc1ncc(C=Cc2cc(OC)cc(-c3ncnn3C)c2)c2cc(NC(=O)C3CC3)ncc12. The summed E-state index contributed by atoms with van der Waals surface area (Å²) in [4.78, 5) is 25.5. The third-order valence-corrected chi connectivity index (χ3v) is 5.83. The largest absolute Gasteiger partial charge is 0.497 e. The summed E-state index contributed by atoms with van der Waals surface area (Å²) in [5.41, 5.74) is 2.75. The number of rotatable bonds is 7. The zero-order valence-electron chi connectivity index (χ0n) is 19.2. The molecule has 0 unspecified atom stereocenters. The summed E-state index contributed by atoms with van der Waals surface area (Å²) in [5, 5.41) is 12.0. The molecule has 1 saturated carbocycles. The number of nitrogens with zero attached hydrogens (tertiary/aromatic N) is 5. The molecule has 4 aromatic rings. The number of carbonyl (C=O) groups excluding carboxylic acids is 1. The molecular weight excluding hydrogens is 430 g/mol. The predicted molar refractivity (Wildman–Crippen MR) is 132 cm³/mol. The molecule has 0 bridgehead atoms. The summed E-state index contributed by atoms with van der Waals surface area (Å²) in [5.74, 6) is 2.88. The lowest BCUT2D eigenvalue weighted by atomic mass is 10.1. The van der Waals surface area contributed by atoms with Crippen LogP contribution in [0.3, 0.4) is 0 Å². The van der Waals surface area contributed by atoms with Crippen LogP contribution < -0.4 is 15.4 Å². The van der Waals surface area contributed by atoms with E-state index in [1.807, 2.05) is 50.5 Å². The van der Waals surface area contributed by atoms with Gasteiger partial charge in [0.25, 0.3) is 0 Å². The fraction of sp³-hybridized carbons (Fsp3) is 0.240. The van der Waals surface area contributed by atoms with Crippen LogP contribution in [0.15, 0.2) is 43.0 Å². The number of aromatic nitrogens is 5. The first-order valence-corrected chi connectivity index (χ1v) is 11.0. The normalized spacial score (nSPS) is 13.4. The van der Waals surface area contributed by atoms with Gasteiger partial charge >= 0.3 is 0 Å². The molecule has 1 aliphatic rings. The summed E-state index contributed by atoms with van der Waals surface area (Å²) in [6.07, 6.45) is 11.0. The molecule has 0 aliphatic heterocycles. The first kappa shape index (κ1) is 21.6. The van der Waals surface area contributed by atoms with Gasteiger partial charge in [-0.25, -0.2) is 19.6 Å². The number of aryl methyl sites for hydroxylation is 1. The number of hydrogen-bond acceptors (Lipinski definition) is 7. The van der Waals surface area contributed by atoms with Crippen molar-refractivity contribution >= 4 is 40.5 Å². The minimum atomic E-state index is 0.0273. The number of pyridine rings is 2. The molecule has 1 amide bonds. The Balaban J connectivity index is 1.53. The number of methoxy groups -OCH3 is 1. The van der Waals surface area contributed by atoms with Crippen LogP contribution in [0, 0.1) is 5.92 Å². The van der Waals surface area contributed by atoms with Crippen molar-refractivity contribution < 1.29 is 9.53 Å². The fourth-order valence-corrected chi connectivity index (χ4v) is 3.84. The van der Waals surface area contributed by atoms with E-state index in [0.717, 1.165) is 57.7 Å². The Morgan fingerprint density at radius 2 is 1.94 bits per heavy atom. The number of amides is 1. The molecule has 0 radical (unpaired) electrons. The molecule has 0 atom stereocenters. The highest BCUT2D eigenvalue weighted by atomic mass is 16.5. The van der Waals surface area contributed by atoms with E-state index in [-0.39, 0.29) is 11.8 Å². The first-order valence-electron chi connectivity index (χ1n) is 11.0. The second-order valence-electron chi connectivity index (χ2n) is 8.23. The van der Waals surface area contributed by atoms with Crippen molar-refractivity contribution in [3.05, 3.63) is 54.1 Å². The number of carbonyl (C=O) groups is 1. The third-order valence-electron chi connectivity index (χ3n) is 5.83. The van der Waals surface area contributed by atoms with Gasteiger partial charge in [0.1, 0.15) is 23.7 Å². The van der Waals surface area contributed by atoms with Crippen LogP contribution in [-0.2, 0) is 11.8 Å². The van der Waals surface area contributed by atoms with Gasteiger partial charge in [-0.05, 0) is 48.1 Å². The lowest BCUT2D eigenvalue weighted by Gasteiger charge is -2.10. The quantitative estimate of drug-likeness (QED) is 0.434. The minimum Gasteiger partial charge on any atom is -0.497 e. The zero-order chi connectivity index (χ0) is 23.7. The van der Waals surface area contributed by atoms with Crippen LogP contribution in [0.5, 0.6) is 5.75 Å². The van der Waals surface area contributed by atoms with Crippen molar-refractivity contribution in [3.63, 3.8) is 0 Å². The highest BCUT2D eigenvalue weighted by Gasteiger charge is 2.29. The Bertz CT molecular complexity index is 1410. The number of fused-ring (bicyclic) bond motifs is 1. The molecule has 3 heterocycles. The zero-order valence-corrected chi connectivity index (χ0v) is 19.2. The van der Waals surface area contributed by atoms with E-state index in [1.165, 1.54) is 6.33 Å². The summed E-state index contributed by atoms with van der Waals surface area (Å²) in [6, 6.07) is 7.81. The fourth-order valence-electron chi connectivity index (χ4n) is 3.84. The maximum Gasteiger partial charge on any atom is 0.228 e. The molecule has 0 spiro atoms. The number of ether oxygens (including phenoxy) is 1. The van der Waals surface area contributed by atoms with E-state index in [0.29, 0.717) is 5.82 Å². The van der Waals surface area contributed by atoms with Crippen molar-refractivity contribution in [1.29, 1.82) is 0 Å². The molecular formula is C25H25N7O2. The van der Waals surface area contributed by atoms with Crippen LogP contribution in [0.1, 0.15) is 24.0 Å².